The summed E-state index contributed by atoms with van der Waals surface area (Å²) in [7, 11) is 1.74. The van der Waals surface area contributed by atoms with Gasteiger partial charge in [-0.05, 0) is 18.2 Å². The van der Waals surface area contributed by atoms with Gasteiger partial charge in [-0.15, -0.1) is 36.2 Å². The molecule has 0 amide bonds. The number of piperazine rings is 1. The van der Waals surface area contributed by atoms with Gasteiger partial charge < -0.3 is 10.1 Å². The zero-order chi connectivity index (χ0) is 16.4. The highest BCUT2D eigenvalue weighted by Crippen LogP contribution is 2.32. The van der Waals surface area contributed by atoms with Crippen LogP contribution in [0.2, 0.25) is 0 Å². The molecule has 3 aromatic rings. The Morgan fingerprint density at radius 3 is 2.73 bits per heavy atom. The van der Waals surface area contributed by atoms with Crippen LogP contribution in [0.15, 0.2) is 48.5 Å². The van der Waals surface area contributed by atoms with E-state index in [1.807, 2.05) is 18.2 Å². The first kappa shape index (κ1) is 20.9. The van der Waals surface area contributed by atoms with E-state index in [2.05, 4.69) is 40.5 Å². The maximum atomic E-state index is 5.58. The summed E-state index contributed by atoms with van der Waals surface area (Å²) in [6, 6.07) is 17.0. The maximum Gasteiger partial charge on any atom is 0.123 e. The standard InChI is InChI=1S/C19H21N3OS.2ClH/c1-23-17-8-4-2-6-14(17)16-12-20-10-11-22(16)13-19-21-15-7-3-5-9-18(15)24-19;;/h2-9,16,20H,10-13H2,1H3;2*1H. The van der Waals surface area contributed by atoms with E-state index in [0.717, 1.165) is 37.4 Å². The number of aromatic nitrogens is 1. The van der Waals surface area contributed by atoms with Crippen molar-refractivity contribution in [2.45, 2.75) is 12.6 Å². The second-order valence-corrected chi connectivity index (χ2v) is 7.12. The number of nitrogens with zero attached hydrogens (tertiary/aromatic N) is 2. The average Bonchev–Trinajstić information content (AvgIpc) is 3.04. The highest BCUT2D eigenvalue weighted by Gasteiger charge is 2.26. The number of para-hydroxylation sites is 2. The van der Waals surface area contributed by atoms with Crippen LogP contribution in [0.3, 0.4) is 0 Å². The van der Waals surface area contributed by atoms with Crippen molar-refractivity contribution in [1.82, 2.24) is 15.2 Å². The smallest absolute Gasteiger partial charge is 0.123 e. The van der Waals surface area contributed by atoms with Gasteiger partial charge in [0.1, 0.15) is 10.8 Å². The van der Waals surface area contributed by atoms with Gasteiger partial charge in [-0.25, -0.2) is 4.98 Å². The minimum atomic E-state index is 0. The molecule has 1 unspecified atom stereocenters. The van der Waals surface area contributed by atoms with Crippen molar-refractivity contribution in [1.29, 1.82) is 0 Å². The van der Waals surface area contributed by atoms with Crippen molar-refractivity contribution in [3.8, 4) is 5.75 Å². The van der Waals surface area contributed by atoms with Gasteiger partial charge in [0.2, 0.25) is 0 Å². The van der Waals surface area contributed by atoms with Crippen LogP contribution in [0.4, 0.5) is 0 Å². The number of methoxy groups -OCH3 is 1. The zero-order valence-electron chi connectivity index (χ0n) is 14.6. The fourth-order valence-corrected chi connectivity index (χ4v) is 4.34. The predicted molar refractivity (Wildman–Crippen MR) is 113 cm³/mol. The largest absolute Gasteiger partial charge is 0.496 e. The molecule has 0 spiro atoms. The maximum absolute atomic E-state index is 5.58. The summed E-state index contributed by atoms with van der Waals surface area (Å²) in [6.07, 6.45) is 0. The molecule has 2 heterocycles. The molecular formula is C19H23Cl2N3OS. The molecule has 0 aliphatic carbocycles. The summed E-state index contributed by atoms with van der Waals surface area (Å²) in [5.74, 6) is 0.959. The van der Waals surface area contributed by atoms with Gasteiger partial charge in [-0.1, -0.05) is 30.3 Å². The van der Waals surface area contributed by atoms with Crippen LogP contribution in [0.1, 0.15) is 16.6 Å². The van der Waals surface area contributed by atoms with Crippen molar-refractivity contribution >= 4 is 46.4 Å². The van der Waals surface area contributed by atoms with Crippen LogP contribution in [-0.4, -0.2) is 36.6 Å². The Morgan fingerprint density at radius 2 is 1.92 bits per heavy atom. The first-order chi connectivity index (χ1) is 11.8. The molecule has 26 heavy (non-hydrogen) atoms. The van der Waals surface area contributed by atoms with E-state index >= 15 is 0 Å². The van der Waals surface area contributed by atoms with E-state index in [-0.39, 0.29) is 24.8 Å². The first-order valence-corrected chi connectivity index (χ1v) is 9.09. The third kappa shape index (κ3) is 4.30. The number of halogens is 2. The van der Waals surface area contributed by atoms with Crippen LogP contribution >= 0.6 is 36.2 Å². The lowest BCUT2D eigenvalue weighted by molar-refractivity contribution is 0.151. The van der Waals surface area contributed by atoms with Crippen molar-refractivity contribution in [2.75, 3.05) is 26.7 Å². The molecule has 140 valence electrons. The SMILES string of the molecule is COc1ccccc1C1CNCCN1Cc1nc2ccccc2s1.Cl.Cl. The fourth-order valence-electron chi connectivity index (χ4n) is 3.35. The highest BCUT2D eigenvalue weighted by molar-refractivity contribution is 7.18. The van der Waals surface area contributed by atoms with Crippen LogP contribution in [0.5, 0.6) is 5.75 Å². The molecule has 4 rings (SSSR count). The second-order valence-electron chi connectivity index (χ2n) is 6.01. The molecule has 1 N–H and O–H groups in total. The molecule has 1 aliphatic heterocycles. The molecule has 1 fully saturated rings. The predicted octanol–water partition coefficient (Wildman–Crippen LogP) is 4.30. The van der Waals surface area contributed by atoms with Gasteiger partial charge in [0.15, 0.2) is 0 Å². The Hall–Kier alpha value is -1.37. The van der Waals surface area contributed by atoms with Crippen LogP contribution in [0, 0.1) is 0 Å². The summed E-state index contributed by atoms with van der Waals surface area (Å²) < 4.78 is 6.84. The lowest BCUT2D eigenvalue weighted by atomic mass is 10.0. The molecule has 0 bridgehead atoms. The third-order valence-electron chi connectivity index (χ3n) is 4.53. The number of nitrogens with one attached hydrogen (secondary N) is 1. The Balaban J connectivity index is 0.00000121. The number of fused-ring (bicyclic) bond motifs is 1. The van der Waals surface area contributed by atoms with E-state index in [1.54, 1.807) is 18.4 Å². The monoisotopic (exact) mass is 411 g/mol. The van der Waals surface area contributed by atoms with E-state index < -0.39 is 0 Å². The number of rotatable bonds is 4. The first-order valence-electron chi connectivity index (χ1n) is 8.27. The Kier molecular flexibility index (Phi) is 7.68. The zero-order valence-corrected chi connectivity index (χ0v) is 17.0. The summed E-state index contributed by atoms with van der Waals surface area (Å²) >= 11 is 1.79. The molecule has 1 aromatic heterocycles. The fraction of sp³-hybridized carbons (Fsp3) is 0.316. The lowest BCUT2D eigenvalue weighted by Gasteiger charge is -2.36. The van der Waals surface area contributed by atoms with Crippen molar-refractivity contribution in [3.63, 3.8) is 0 Å². The van der Waals surface area contributed by atoms with Gasteiger partial charge in [0.25, 0.3) is 0 Å². The molecular weight excluding hydrogens is 389 g/mol. The van der Waals surface area contributed by atoms with Crippen molar-refractivity contribution < 1.29 is 4.74 Å². The number of benzene rings is 2. The third-order valence-corrected chi connectivity index (χ3v) is 5.55. The second kappa shape index (κ2) is 9.53. The van der Waals surface area contributed by atoms with Gasteiger partial charge in [0.05, 0.1) is 29.9 Å². The normalized spacial score (nSPS) is 17.3. The summed E-state index contributed by atoms with van der Waals surface area (Å²) in [5, 5.41) is 4.69. The Labute approximate surface area is 170 Å². The molecule has 4 nitrogen and oxygen atoms in total. The van der Waals surface area contributed by atoms with E-state index in [1.165, 1.54) is 15.3 Å². The number of hydrogen-bond donors (Lipinski definition) is 1. The Bertz CT molecular complexity index is 809. The number of hydrogen-bond acceptors (Lipinski definition) is 5. The molecule has 2 aromatic carbocycles. The molecule has 0 saturated carbocycles. The average molecular weight is 412 g/mol. The van der Waals surface area contributed by atoms with Gasteiger partial charge in [0, 0.05) is 25.2 Å². The van der Waals surface area contributed by atoms with Crippen LogP contribution in [0.25, 0.3) is 10.2 Å². The van der Waals surface area contributed by atoms with Crippen LogP contribution in [-0.2, 0) is 6.54 Å². The van der Waals surface area contributed by atoms with Crippen molar-refractivity contribution in [3.05, 3.63) is 59.1 Å². The Morgan fingerprint density at radius 1 is 1.15 bits per heavy atom. The van der Waals surface area contributed by atoms with Crippen molar-refractivity contribution in [2.24, 2.45) is 0 Å². The van der Waals surface area contributed by atoms with E-state index in [4.69, 9.17) is 9.72 Å². The summed E-state index contributed by atoms with van der Waals surface area (Å²) in [4.78, 5) is 7.31. The molecule has 1 atom stereocenters. The van der Waals surface area contributed by atoms with E-state index in [0.29, 0.717) is 6.04 Å². The van der Waals surface area contributed by atoms with E-state index in [9.17, 15) is 0 Å². The van der Waals surface area contributed by atoms with Gasteiger partial charge in [-0.2, -0.15) is 0 Å². The quantitative estimate of drug-likeness (QED) is 0.694. The number of thiazole rings is 1. The molecule has 7 heteroatoms. The van der Waals surface area contributed by atoms with Gasteiger partial charge in [-0.3, -0.25) is 4.90 Å². The van der Waals surface area contributed by atoms with Gasteiger partial charge >= 0.3 is 0 Å². The minimum absolute atomic E-state index is 0. The highest BCUT2D eigenvalue weighted by atomic mass is 35.5. The number of ether oxygens (including phenoxy) is 1. The van der Waals surface area contributed by atoms with Crippen LogP contribution < -0.4 is 10.1 Å². The minimum Gasteiger partial charge on any atom is -0.496 e. The molecule has 1 saturated heterocycles. The lowest BCUT2D eigenvalue weighted by Crippen LogP contribution is -2.45. The summed E-state index contributed by atoms with van der Waals surface area (Å²) in [5.41, 5.74) is 2.34. The molecule has 1 aliphatic rings. The summed E-state index contributed by atoms with van der Waals surface area (Å²) in [6.45, 7) is 3.84. The molecule has 0 radical (unpaired) electrons. The topological polar surface area (TPSA) is 37.4 Å².